The lowest BCUT2D eigenvalue weighted by molar-refractivity contribution is 0.529. The van der Waals surface area contributed by atoms with Crippen LogP contribution in [-0.4, -0.2) is 6.04 Å². The summed E-state index contributed by atoms with van der Waals surface area (Å²) in [5, 5.41) is 0. The minimum absolute atomic E-state index is 0.280. The summed E-state index contributed by atoms with van der Waals surface area (Å²) in [4.78, 5) is 0. The Morgan fingerprint density at radius 2 is 2.00 bits per heavy atom. The highest BCUT2D eigenvalue weighted by atomic mass is 15.2. The van der Waals surface area contributed by atoms with Crippen molar-refractivity contribution < 1.29 is 0 Å². The third kappa shape index (κ3) is 3.18. The molecular weight excluding hydrogens is 184 g/mol. The third-order valence-corrected chi connectivity index (χ3v) is 2.78. The van der Waals surface area contributed by atoms with Crippen LogP contribution in [0.25, 0.3) is 0 Å². The lowest BCUT2D eigenvalue weighted by Gasteiger charge is -2.17. The smallest absolute Gasteiger partial charge is 0.0285 e. The Bertz CT molecular complexity index is 311. The quantitative estimate of drug-likeness (QED) is 0.438. The predicted octanol–water partition coefficient (Wildman–Crippen LogP) is 2.25. The highest BCUT2D eigenvalue weighted by Crippen LogP contribution is 2.16. The third-order valence-electron chi connectivity index (χ3n) is 2.78. The monoisotopic (exact) mass is 204 g/mol. The average Bonchev–Trinajstić information content (AvgIpc) is 2.22. The fraction of sp³-hybridized carbons (Fsp3) is 0.385. The van der Waals surface area contributed by atoms with Crippen molar-refractivity contribution in [1.29, 1.82) is 0 Å². The van der Waals surface area contributed by atoms with Gasteiger partial charge < -0.3 is 0 Å². The van der Waals surface area contributed by atoms with Crippen LogP contribution in [0.2, 0.25) is 0 Å². The molecule has 15 heavy (non-hydrogen) atoms. The van der Waals surface area contributed by atoms with Crippen molar-refractivity contribution in [3.63, 3.8) is 0 Å². The Morgan fingerprint density at radius 1 is 1.40 bits per heavy atom. The first kappa shape index (κ1) is 12.0. The standard InChI is InChI=1S/C13H20N2/c1-4-6-12(15-14)9-13-10(2)7-5-8-11(13)3/h4-5,7-8,12,15H,1,6,9,14H2,2-3H3. The Balaban J connectivity index is 2.82. The van der Waals surface area contributed by atoms with E-state index < -0.39 is 0 Å². The second-order valence-corrected chi connectivity index (χ2v) is 3.96. The molecule has 1 rings (SSSR count). The number of hydrogen-bond donors (Lipinski definition) is 2. The van der Waals surface area contributed by atoms with E-state index >= 15 is 0 Å². The van der Waals surface area contributed by atoms with Gasteiger partial charge >= 0.3 is 0 Å². The van der Waals surface area contributed by atoms with Crippen LogP contribution in [0.15, 0.2) is 30.9 Å². The number of rotatable bonds is 5. The van der Waals surface area contributed by atoms with Gasteiger partial charge in [0.2, 0.25) is 0 Å². The van der Waals surface area contributed by atoms with Crippen molar-refractivity contribution in [1.82, 2.24) is 5.43 Å². The summed E-state index contributed by atoms with van der Waals surface area (Å²) in [7, 11) is 0. The summed E-state index contributed by atoms with van der Waals surface area (Å²) < 4.78 is 0. The fourth-order valence-corrected chi connectivity index (χ4v) is 1.83. The zero-order valence-electron chi connectivity index (χ0n) is 9.59. The van der Waals surface area contributed by atoms with Crippen LogP contribution in [0.5, 0.6) is 0 Å². The molecule has 1 aromatic rings. The van der Waals surface area contributed by atoms with Crippen LogP contribution in [0, 0.1) is 13.8 Å². The van der Waals surface area contributed by atoms with Crippen LogP contribution < -0.4 is 11.3 Å². The van der Waals surface area contributed by atoms with Gasteiger partial charge in [0.15, 0.2) is 0 Å². The molecular formula is C13H20N2. The van der Waals surface area contributed by atoms with Crippen LogP contribution >= 0.6 is 0 Å². The van der Waals surface area contributed by atoms with Crippen molar-refractivity contribution >= 4 is 0 Å². The van der Waals surface area contributed by atoms with E-state index in [1.165, 1.54) is 16.7 Å². The van der Waals surface area contributed by atoms with E-state index in [-0.39, 0.29) is 6.04 Å². The SMILES string of the molecule is C=CCC(Cc1c(C)cccc1C)NN. The number of hydrazine groups is 1. The maximum absolute atomic E-state index is 5.51. The number of aryl methyl sites for hydroxylation is 2. The highest BCUT2D eigenvalue weighted by Gasteiger charge is 2.09. The molecule has 0 amide bonds. The summed E-state index contributed by atoms with van der Waals surface area (Å²) in [6.45, 7) is 8.02. The number of benzene rings is 1. The van der Waals surface area contributed by atoms with Gasteiger partial charge in [0, 0.05) is 6.04 Å². The van der Waals surface area contributed by atoms with E-state index in [9.17, 15) is 0 Å². The van der Waals surface area contributed by atoms with Crippen LogP contribution in [0.3, 0.4) is 0 Å². The molecule has 1 unspecified atom stereocenters. The molecule has 0 aliphatic heterocycles. The first-order chi connectivity index (χ1) is 7.19. The largest absolute Gasteiger partial charge is 0.271 e. The van der Waals surface area contributed by atoms with Gasteiger partial charge in [0.25, 0.3) is 0 Å². The molecule has 0 bridgehead atoms. The Labute approximate surface area is 92.2 Å². The first-order valence-corrected chi connectivity index (χ1v) is 5.31. The van der Waals surface area contributed by atoms with Gasteiger partial charge in [-0.15, -0.1) is 6.58 Å². The van der Waals surface area contributed by atoms with Gasteiger partial charge in [0.05, 0.1) is 0 Å². The normalized spacial score (nSPS) is 12.5. The van der Waals surface area contributed by atoms with Crippen LogP contribution in [0.4, 0.5) is 0 Å². The van der Waals surface area contributed by atoms with Crippen molar-refractivity contribution in [2.75, 3.05) is 0 Å². The van der Waals surface area contributed by atoms with Crippen molar-refractivity contribution in [3.05, 3.63) is 47.5 Å². The Hall–Kier alpha value is -1.12. The summed E-state index contributed by atoms with van der Waals surface area (Å²) in [5.74, 6) is 5.51. The molecule has 82 valence electrons. The maximum atomic E-state index is 5.51. The lowest BCUT2D eigenvalue weighted by atomic mass is 9.95. The molecule has 0 aromatic heterocycles. The molecule has 0 radical (unpaired) electrons. The topological polar surface area (TPSA) is 38.0 Å². The number of hydrogen-bond acceptors (Lipinski definition) is 2. The molecule has 1 atom stereocenters. The van der Waals surface area contributed by atoms with E-state index in [0.29, 0.717) is 0 Å². The van der Waals surface area contributed by atoms with Gasteiger partial charge in [-0.2, -0.15) is 0 Å². The zero-order valence-corrected chi connectivity index (χ0v) is 9.59. The zero-order chi connectivity index (χ0) is 11.3. The number of nitrogens with two attached hydrogens (primary N) is 1. The van der Waals surface area contributed by atoms with E-state index in [0.717, 1.165) is 12.8 Å². The first-order valence-electron chi connectivity index (χ1n) is 5.31. The van der Waals surface area contributed by atoms with Crippen molar-refractivity contribution in [3.8, 4) is 0 Å². The van der Waals surface area contributed by atoms with E-state index in [1.807, 2.05) is 6.08 Å². The molecule has 2 heteroatoms. The number of nitrogens with one attached hydrogen (secondary N) is 1. The van der Waals surface area contributed by atoms with Crippen LogP contribution in [0.1, 0.15) is 23.1 Å². The van der Waals surface area contributed by atoms with E-state index in [1.54, 1.807) is 0 Å². The highest BCUT2D eigenvalue weighted by molar-refractivity contribution is 5.34. The average molecular weight is 204 g/mol. The minimum Gasteiger partial charge on any atom is -0.271 e. The summed E-state index contributed by atoms with van der Waals surface area (Å²) in [5.41, 5.74) is 6.89. The second-order valence-electron chi connectivity index (χ2n) is 3.96. The van der Waals surface area contributed by atoms with Crippen LogP contribution in [-0.2, 0) is 6.42 Å². The van der Waals surface area contributed by atoms with Gasteiger partial charge in [-0.3, -0.25) is 11.3 Å². The molecule has 0 fully saturated rings. The van der Waals surface area contributed by atoms with E-state index in [2.05, 4.69) is 44.1 Å². The Kier molecular flexibility index (Phi) is 4.53. The van der Waals surface area contributed by atoms with Gasteiger partial charge in [-0.1, -0.05) is 24.3 Å². The maximum Gasteiger partial charge on any atom is 0.0285 e. The molecule has 0 saturated heterocycles. The molecule has 0 aliphatic carbocycles. The fourth-order valence-electron chi connectivity index (χ4n) is 1.83. The lowest BCUT2D eigenvalue weighted by Crippen LogP contribution is -2.36. The van der Waals surface area contributed by atoms with E-state index in [4.69, 9.17) is 5.84 Å². The molecule has 0 heterocycles. The second kappa shape index (κ2) is 5.69. The van der Waals surface area contributed by atoms with Crippen molar-refractivity contribution in [2.45, 2.75) is 32.7 Å². The molecule has 0 saturated carbocycles. The summed E-state index contributed by atoms with van der Waals surface area (Å²) >= 11 is 0. The minimum atomic E-state index is 0.280. The van der Waals surface area contributed by atoms with Crippen molar-refractivity contribution in [2.24, 2.45) is 5.84 Å². The molecule has 0 spiro atoms. The van der Waals surface area contributed by atoms with Gasteiger partial charge in [0.1, 0.15) is 0 Å². The molecule has 0 aliphatic rings. The molecule has 3 N–H and O–H groups in total. The predicted molar refractivity (Wildman–Crippen MR) is 65.5 cm³/mol. The van der Waals surface area contributed by atoms with Gasteiger partial charge in [-0.25, -0.2) is 0 Å². The van der Waals surface area contributed by atoms with Gasteiger partial charge in [-0.05, 0) is 43.4 Å². The Morgan fingerprint density at radius 3 is 2.47 bits per heavy atom. The summed E-state index contributed by atoms with van der Waals surface area (Å²) in [6.07, 6.45) is 3.75. The molecule has 2 nitrogen and oxygen atoms in total. The molecule has 1 aromatic carbocycles. The summed E-state index contributed by atoms with van der Waals surface area (Å²) in [6, 6.07) is 6.66.